The lowest BCUT2D eigenvalue weighted by Crippen LogP contribution is -1.87. The number of allylic oxidation sites excluding steroid dienone is 1. The second kappa shape index (κ2) is 11.7. The molecule has 0 spiro atoms. The molecule has 0 aliphatic carbocycles. The van der Waals surface area contributed by atoms with Crippen LogP contribution >= 0.6 is 0 Å². The van der Waals surface area contributed by atoms with Gasteiger partial charge in [-0.25, -0.2) is 0 Å². The molecule has 0 fully saturated rings. The normalized spacial score (nSPS) is 11.2. The van der Waals surface area contributed by atoms with Crippen LogP contribution in [0.2, 0.25) is 0 Å². The molecule has 0 aromatic rings. The van der Waals surface area contributed by atoms with Crippen LogP contribution in [0.4, 0.5) is 0 Å². The van der Waals surface area contributed by atoms with Crippen molar-refractivity contribution in [1.29, 1.82) is 0 Å². The second-order valence-electron chi connectivity index (χ2n) is 3.26. The zero-order valence-electron chi connectivity index (χ0n) is 9.09. The third-order valence-corrected chi connectivity index (χ3v) is 1.86. The molecule has 0 saturated heterocycles. The van der Waals surface area contributed by atoms with E-state index in [0.29, 0.717) is 0 Å². The fraction of sp³-hybridized carbons (Fsp3) is 0.750. The van der Waals surface area contributed by atoms with Gasteiger partial charge >= 0.3 is 0 Å². The summed E-state index contributed by atoms with van der Waals surface area (Å²) in [5.41, 5.74) is 0. The first kappa shape index (κ1) is 12.7. The molecule has 0 aromatic carbocycles. The van der Waals surface area contributed by atoms with Gasteiger partial charge in [0.1, 0.15) is 0 Å². The molecular weight excluding hydrogens is 160 g/mol. The fourth-order valence-corrected chi connectivity index (χ4v) is 1.04. The monoisotopic (exact) mass is 183 g/mol. The van der Waals surface area contributed by atoms with Gasteiger partial charge < -0.3 is 4.74 Å². The van der Waals surface area contributed by atoms with Crippen LogP contribution in [0.15, 0.2) is 12.2 Å². The van der Waals surface area contributed by atoms with E-state index in [9.17, 15) is 0 Å². The van der Waals surface area contributed by atoms with E-state index in [1.54, 1.807) is 0 Å². The standard InChI is InChI=1S/C12H23O/c1-3-5-7-9-11-13-12-10-8-6-4-2/h7,9,12H,3-6,8,10-11H2,1-2H3/b9-7+. The molecule has 1 heteroatoms. The summed E-state index contributed by atoms with van der Waals surface area (Å²) in [6.07, 6.45) is 11.6. The Morgan fingerprint density at radius 2 is 1.77 bits per heavy atom. The Hall–Kier alpha value is -0.300. The van der Waals surface area contributed by atoms with E-state index >= 15 is 0 Å². The minimum Gasteiger partial charge on any atom is -0.371 e. The van der Waals surface area contributed by atoms with Gasteiger partial charge in [0.2, 0.25) is 0 Å². The van der Waals surface area contributed by atoms with Gasteiger partial charge in [-0.1, -0.05) is 51.7 Å². The molecule has 0 aromatic heterocycles. The number of hydrogen-bond donors (Lipinski definition) is 0. The number of ether oxygens (including phenoxy) is 1. The molecule has 0 atom stereocenters. The summed E-state index contributed by atoms with van der Waals surface area (Å²) in [7, 11) is 0. The van der Waals surface area contributed by atoms with E-state index in [1.807, 2.05) is 6.61 Å². The summed E-state index contributed by atoms with van der Waals surface area (Å²) in [5.74, 6) is 0. The maximum atomic E-state index is 5.31. The summed E-state index contributed by atoms with van der Waals surface area (Å²) >= 11 is 0. The quantitative estimate of drug-likeness (QED) is 0.386. The summed E-state index contributed by atoms with van der Waals surface area (Å²) < 4.78 is 5.31. The second-order valence-corrected chi connectivity index (χ2v) is 3.26. The minimum atomic E-state index is 0.742. The van der Waals surface area contributed by atoms with E-state index < -0.39 is 0 Å². The molecule has 77 valence electrons. The van der Waals surface area contributed by atoms with E-state index in [4.69, 9.17) is 4.74 Å². The van der Waals surface area contributed by atoms with Crippen LogP contribution in [0.25, 0.3) is 0 Å². The van der Waals surface area contributed by atoms with Crippen molar-refractivity contribution < 1.29 is 4.74 Å². The van der Waals surface area contributed by atoms with Crippen molar-refractivity contribution in [3.05, 3.63) is 18.8 Å². The van der Waals surface area contributed by atoms with Crippen LogP contribution < -0.4 is 0 Å². The number of rotatable bonds is 9. The predicted octanol–water partition coefficient (Wildman–Crippen LogP) is 4.10. The molecule has 13 heavy (non-hydrogen) atoms. The Morgan fingerprint density at radius 3 is 2.46 bits per heavy atom. The highest BCUT2D eigenvalue weighted by Crippen LogP contribution is 2.02. The number of hydrogen-bond acceptors (Lipinski definition) is 1. The molecule has 0 rings (SSSR count). The lowest BCUT2D eigenvalue weighted by Gasteiger charge is -1.98. The van der Waals surface area contributed by atoms with Crippen molar-refractivity contribution in [2.75, 3.05) is 6.61 Å². The highest BCUT2D eigenvalue weighted by molar-refractivity contribution is 4.81. The van der Waals surface area contributed by atoms with Gasteiger partial charge in [0.15, 0.2) is 0 Å². The maximum Gasteiger partial charge on any atom is 0.0841 e. The van der Waals surface area contributed by atoms with Crippen LogP contribution in [0, 0.1) is 6.61 Å². The van der Waals surface area contributed by atoms with Crippen LogP contribution in [0.5, 0.6) is 0 Å². The Balaban J connectivity index is 2.91. The van der Waals surface area contributed by atoms with Crippen LogP contribution in [0.1, 0.15) is 52.4 Å². The third kappa shape index (κ3) is 11.7. The first-order valence-corrected chi connectivity index (χ1v) is 5.50. The van der Waals surface area contributed by atoms with Gasteiger partial charge in [0, 0.05) is 0 Å². The first-order valence-electron chi connectivity index (χ1n) is 5.50. The van der Waals surface area contributed by atoms with E-state index in [-0.39, 0.29) is 0 Å². The highest BCUT2D eigenvalue weighted by atomic mass is 16.5. The number of unbranched alkanes of at least 4 members (excludes halogenated alkanes) is 4. The molecule has 0 aliphatic heterocycles. The van der Waals surface area contributed by atoms with Crippen molar-refractivity contribution >= 4 is 0 Å². The van der Waals surface area contributed by atoms with Gasteiger partial charge in [-0.05, 0) is 12.8 Å². The Labute approximate surface area is 83.2 Å². The van der Waals surface area contributed by atoms with Gasteiger partial charge in [-0.3, -0.25) is 0 Å². The van der Waals surface area contributed by atoms with E-state index in [1.165, 1.54) is 32.1 Å². The van der Waals surface area contributed by atoms with Crippen molar-refractivity contribution in [1.82, 2.24) is 0 Å². The SMILES string of the molecule is CCC/C=C/CO[CH]CCCCC. The molecule has 1 nitrogen and oxygen atoms in total. The molecule has 0 heterocycles. The molecule has 0 bridgehead atoms. The predicted molar refractivity (Wildman–Crippen MR) is 58.4 cm³/mol. The van der Waals surface area contributed by atoms with Crippen molar-refractivity contribution in [2.45, 2.75) is 52.4 Å². The Kier molecular flexibility index (Phi) is 11.4. The van der Waals surface area contributed by atoms with E-state index in [0.717, 1.165) is 13.0 Å². The van der Waals surface area contributed by atoms with Crippen molar-refractivity contribution in [3.63, 3.8) is 0 Å². The van der Waals surface area contributed by atoms with Gasteiger partial charge in [0.25, 0.3) is 0 Å². The first-order chi connectivity index (χ1) is 6.41. The molecular formula is C12H23O. The summed E-state index contributed by atoms with van der Waals surface area (Å²) in [4.78, 5) is 0. The van der Waals surface area contributed by atoms with E-state index in [2.05, 4.69) is 26.0 Å². The largest absolute Gasteiger partial charge is 0.371 e. The zero-order valence-corrected chi connectivity index (χ0v) is 9.09. The zero-order chi connectivity index (χ0) is 9.78. The molecule has 0 aliphatic rings. The van der Waals surface area contributed by atoms with Gasteiger partial charge in [-0.2, -0.15) is 0 Å². The van der Waals surface area contributed by atoms with Gasteiger partial charge in [-0.15, -0.1) is 0 Å². The third-order valence-electron chi connectivity index (χ3n) is 1.86. The minimum absolute atomic E-state index is 0.742. The van der Waals surface area contributed by atoms with Crippen molar-refractivity contribution in [3.8, 4) is 0 Å². The molecule has 0 N–H and O–H groups in total. The molecule has 0 unspecified atom stereocenters. The Morgan fingerprint density at radius 1 is 0.923 bits per heavy atom. The topological polar surface area (TPSA) is 9.23 Å². The van der Waals surface area contributed by atoms with Crippen LogP contribution in [0.3, 0.4) is 0 Å². The maximum absolute atomic E-state index is 5.31. The average molecular weight is 183 g/mol. The highest BCUT2D eigenvalue weighted by Gasteiger charge is 1.87. The lowest BCUT2D eigenvalue weighted by molar-refractivity contribution is 0.222. The fourth-order valence-electron chi connectivity index (χ4n) is 1.04. The van der Waals surface area contributed by atoms with Crippen LogP contribution in [-0.4, -0.2) is 6.61 Å². The smallest absolute Gasteiger partial charge is 0.0841 e. The Bertz CT molecular complexity index is 108. The summed E-state index contributed by atoms with van der Waals surface area (Å²) in [6, 6.07) is 0. The van der Waals surface area contributed by atoms with Crippen LogP contribution in [-0.2, 0) is 4.74 Å². The average Bonchev–Trinajstić information content (AvgIpc) is 2.16. The summed E-state index contributed by atoms with van der Waals surface area (Å²) in [5, 5.41) is 0. The van der Waals surface area contributed by atoms with Gasteiger partial charge in [0.05, 0.1) is 13.2 Å². The lowest BCUT2D eigenvalue weighted by atomic mass is 10.2. The molecule has 0 saturated carbocycles. The van der Waals surface area contributed by atoms with Crippen molar-refractivity contribution in [2.24, 2.45) is 0 Å². The molecule has 0 amide bonds. The summed E-state index contributed by atoms with van der Waals surface area (Å²) in [6.45, 7) is 7.08. The molecule has 1 radical (unpaired) electrons.